The number of phenolic OH excluding ortho intramolecular Hbond substituents is 1. The van der Waals surface area contributed by atoms with Gasteiger partial charge in [-0.3, -0.25) is 4.79 Å². The number of hydrogen-bond donors (Lipinski definition) is 2. The molecule has 2 aromatic rings. The van der Waals surface area contributed by atoms with Crippen LogP contribution in [0.3, 0.4) is 0 Å². The highest BCUT2D eigenvalue weighted by Crippen LogP contribution is 2.13. The summed E-state index contributed by atoms with van der Waals surface area (Å²) >= 11 is 0. The monoisotopic (exact) mass is 399 g/mol. The van der Waals surface area contributed by atoms with Crippen molar-refractivity contribution in [3.63, 3.8) is 0 Å². The van der Waals surface area contributed by atoms with Gasteiger partial charge in [0, 0.05) is 12.0 Å². The Morgan fingerprint density at radius 1 is 1.00 bits per heavy atom. The van der Waals surface area contributed by atoms with Gasteiger partial charge < -0.3 is 19.9 Å². The van der Waals surface area contributed by atoms with Crippen molar-refractivity contribution in [1.29, 1.82) is 0 Å². The van der Waals surface area contributed by atoms with Crippen LogP contribution in [-0.4, -0.2) is 41.2 Å². The van der Waals surface area contributed by atoms with E-state index in [0.717, 1.165) is 0 Å². The van der Waals surface area contributed by atoms with Crippen molar-refractivity contribution in [3.8, 4) is 5.75 Å². The van der Waals surface area contributed by atoms with Gasteiger partial charge in [0.1, 0.15) is 17.4 Å². The van der Waals surface area contributed by atoms with Gasteiger partial charge in [-0.1, -0.05) is 42.5 Å². The Hall–Kier alpha value is -3.35. The Morgan fingerprint density at radius 2 is 1.62 bits per heavy atom. The molecule has 2 aromatic carbocycles. The van der Waals surface area contributed by atoms with Crippen molar-refractivity contribution in [2.24, 2.45) is 0 Å². The Morgan fingerprint density at radius 3 is 2.21 bits per heavy atom. The summed E-state index contributed by atoms with van der Waals surface area (Å²) in [6.07, 6.45) is -0.662. The number of carbonyl (C=O) groups is 3. The molecule has 0 saturated carbocycles. The standard InChI is InChI=1S/C22H25NO6/c1-22(2,3)29-21(27)23-18(13-15-9-11-17(24)12-10-15)20(26)28-14-19(25)16-7-5-4-6-8-16/h4-12,18,24H,13-14H2,1-3H3,(H,23,27)/t18-/m0/s1. The highest BCUT2D eigenvalue weighted by Gasteiger charge is 2.26. The molecule has 0 fully saturated rings. The molecule has 2 rings (SSSR count). The number of hydrogen-bond acceptors (Lipinski definition) is 6. The average molecular weight is 399 g/mol. The van der Waals surface area contributed by atoms with Crippen LogP contribution in [0.25, 0.3) is 0 Å². The summed E-state index contributed by atoms with van der Waals surface area (Å²) in [6.45, 7) is 4.68. The van der Waals surface area contributed by atoms with Crippen LogP contribution in [-0.2, 0) is 20.7 Å². The molecular weight excluding hydrogens is 374 g/mol. The van der Waals surface area contributed by atoms with Crippen molar-refractivity contribution in [2.45, 2.75) is 38.8 Å². The van der Waals surface area contributed by atoms with Gasteiger partial charge in [-0.2, -0.15) is 0 Å². The van der Waals surface area contributed by atoms with Crippen molar-refractivity contribution >= 4 is 17.8 Å². The van der Waals surface area contributed by atoms with Gasteiger partial charge in [-0.25, -0.2) is 9.59 Å². The quantitative estimate of drug-likeness (QED) is 0.547. The number of amides is 1. The zero-order chi connectivity index (χ0) is 21.4. The van der Waals surface area contributed by atoms with Gasteiger partial charge in [-0.15, -0.1) is 0 Å². The minimum Gasteiger partial charge on any atom is -0.508 e. The fourth-order valence-electron chi connectivity index (χ4n) is 2.46. The van der Waals surface area contributed by atoms with Gasteiger partial charge in [0.05, 0.1) is 0 Å². The Balaban J connectivity index is 2.05. The second-order valence-electron chi connectivity index (χ2n) is 7.47. The predicted molar refractivity (Wildman–Crippen MR) is 107 cm³/mol. The number of rotatable bonds is 7. The van der Waals surface area contributed by atoms with E-state index in [4.69, 9.17) is 9.47 Å². The molecule has 1 amide bonds. The van der Waals surface area contributed by atoms with Gasteiger partial charge in [-0.05, 0) is 38.5 Å². The molecule has 0 aliphatic carbocycles. The minimum atomic E-state index is -1.06. The second-order valence-corrected chi connectivity index (χ2v) is 7.47. The molecule has 7 heteroatoms. The van der Waals surface area contributed by atoms with E-state index in [9.17, 15) is 19.5 Å². The van der Waals surface area contributed by atoms with Crippen LogP contribution in [0, 0.1) is 0 Å². The van der Waals surface area contributed by atoms with Crippen LogP contribution in [0.1, 0.15) is 36.7 Å². The first kappa shape index (κ1) is 21.9. The van der Waals surface area contributed by atoms with Gasteiger partial charge in [0.2, 0.25) is 0 Å². The Labute approximate surface area is 169 Å². The number of aromatic hydroxyl groups is 1. The summed E-state index contributed by atoms with van der Waals surface area (Å²) < 4.78 is 10.3. The molecule has 154 valence electrons. The lowest BCUT2D eigenvalue weighted by Gasteiger charge is -2.23. The fourth-order valence-corrected chi connectivity index (χ4v) is 2.46. The number of Topliss-reactive ketones (excluding diaryl/α,β-unsaturated/α-hetero) is 1. The summed E-state index contributed by atoms with van der Waals surface area (Å²) in [4.78, 5) is 36.8. The Bertz CT molecular complexity index is 840. The third-order valence-corrected chi connectivity index (χ3v) is 3.79. The molecule has 7 nitrogen and oxygen atoms in total. The molecule has 1 atom stereocenters. The highest BCUT2D eigenvalue weighted by atomic mass is 16.6. The van der Waals surface area contributed by atoms with Crippen LogP contribution in [0.2, 0.25) is 0 Å². The molecule has 2 N–H and O–H groups in total. The molecule has 29 heavy (non-hydrogen) atoms. The van der Waals surface area contributed by atoms with E-state index in [2.05, 4.69) is 5.32 Å². The number of phenols is 1. The molecule has 0 aliphatic heterocycles. The maximum absolute atomic E-state index is 12.6. The van der Waals surface area contributed by atoms with E-state index in [0.29, 0.717) is 11.1 Å². The van der Waals surface area contributed by atoms with E-state index in [1.165, 1.54) is 12.1 Å². The van der Waals surface area contributed by atoms with Crippen molar-refractivity contribution < 1.29 is 29.0 Å². The average Bonchev–Trinajstić information content (AvgIpc) is 2.66. The van der Waals surface area contributed by atoms with E-state index in [-0.39, 0.29) is 18.0 Å². The maximum Gasteiger partial charge on any atom is 0.408 e. The number of benzene rings is 2. The summed E-state index contributed by atoms with van der Waals surface area (Å²) in [5, 5.41) is 11.9. The normalized spacial score (nSPS) is 12.0. The molecule has 0 spiro atoms. The number of nitrogens with one attached hydrogen (secondary N) is 1. The largest absolute Gasteiger partial charge is 0.508 e. The van der Waals surface area contributed by atoms with Crippen LogP contribution in [0.5, 0.6) is 5.75 Å². The smallest absolute Gasteiger partial charge is 0.408 e. The van der Waals surface area contributed by atoms with Crippen LogP contribution in [0.15, 0.2) is 54.6 Å². The van der Waals surface area contributed by atoms with E-state index in [1.54, 1.807) is 63.2 Å². The van der Waals surface area contributed by atoms with Gasteiger partial charge in [0.15, 0.2) is 12.4 Å². The zero-order valence-corrected chi connectivity index (χ0v) is 16.7. The summed E-state index contributed by atoms with van der Waals surface area (Å²) in [6, 6.07) is 13.6. The van der Waals surface area contributed by atoms with Gasteiger partial charge >= 0.3 is 12.1 Å². The number of ketones is 1. The first-order valence-electron chi connectivity index (χ1n) is 9.16. The molecule has 0 radical (unpaired) electrons. The topological polar surface area (TPSA) is 102 Å². The van der Waals surface area contributed by atoms with Crippen molar-refractivity contribution in [3.05, 3.63) is 65.7 Å². The van der Waals surface area contributed by atoms with Crippen LogP contribution < -0.4 is 5.32 Å². The molecule has 0 heterocycles. The number of esters is 1. The molecule has 0 saturated heterocycles. The zero-order valence-electron chi connectivity index (χ0n) is 16.7. The predicted octanol–water partition coefficient (Wildman–Crippen LogP) is 3.25. The van der Waals surface area contributed by atoms with Crippen LogP contribution in [0.4, 0.5) is 4.79 Å². The summed E-state index contributed by atoms with van der Waals surface area (Å²) in [5.74, 6) is -1.02. The lowest BCUT2D eigenvalue weighted by atomic mass is 10.1. The molecule has 0 aliphatic rings. The van der Waals surface area contributed by atoms with E-state index >= 15 is 0 Å². The fraction of sp³-hybridized carbons (Fsp3) is 0.318. The van der Waals surface area contributed by atoms with Gasteiger partial charge in [0.25, 0.3) is 0 Å². The Kier molecular flexibility index (Phi) is 7.36. The number of carbonyl (C=O) groups excluding carboxylic acids is 3. The molecule has 0 aromatic heterocycles. The third-order valence-electron chi connectivity index (χ3n) is 3.79. The SMILES string of the molecule is CC(C)(C)OC(=O)N[C@@H](Cc1ccc(O)cc1)C(=O)OCC(=O)c1ccccc1. The number of ether oxygens (including phenoxy) is 2. The first-order chi connectivity index (χ1) is 13.6. The summed E-state index contributed by atoms with van der Waals surface area (Å²) in [7, 11) is 0. The maximum atomic E-state index is 12.6. The first-order valence-corrected chi connectivity index (χ1v) is 9.16. The summed E-state index contributed by atoms with van der Waals surface area (Å²) in [5.41, 5.74) is 0.381. The van der Waals surface area contributed by atoms with E-state index in [1.807, 2.05) is 0 Å². The lowest BCUT2D eigenvalue weighted by Crippen LogP contribution is -2.45. The third kappa shape index (κ3) is 7.65. The second kappa shape index (κ2) is 9.73. The molecule has 0 unspecified atom stereocenters. The lowest BCUT2D eigenvalue weighted by molar-refractivity contribution is -0.145. The van der Waals surface area contributed by atoms with E-state index < -0.39 is 30.3 Å². The van der Waals surface area contributed by atoms with Crippen LogP contribution >= 0.6 is 0 Å². The number of alkyl carbamates (subject to hydrolysis) is 1. The van der Waals surface area contributed by atoms with Crippen molar-refractivity contribution in [2.75, 3.05) is 6.61 Å². The highest BCUT2D eigenvalue weighted by molar-refractivity contribution is 5.98. The molecule has 0 bridgehead atoms. The minimum absolute atomic E-state index is 0.0847. The van der Waals surface area contributed by atoms with Crippen molar-refractivity contribution in [1.82, 2.24) is 5.32 Å². The molecular formula is C22H25NO6.